The molecule has 0 saturated heterocycles. The lowest BCUT2D eigenvalue weighted by Gasteiger charge is -2.09. The zero-order valence-corrected chi connectivity index (χ0v) is 10.4. The van der Waals surface area contributed by atoms with Crippen molar-refractivity contribution >= 4 is 12.6 Å². The van der Waals surface area contributed by atoms with E-state index in [0.717, 1.165) is 25.3 Å². The van der Waals surface area contributed by atoms with Gasteiger partial charge in [0.1, 0.15) is 5.82 Å². The van der Waals surface area contributed by atoms with E-state index in [1.54, 1.807) is 0 Å². The highest BCUT2D eigenvalue weighted by molar-refractivity contribution is 7.80. The summed E-state index contributed by atoms with van der Waals surface area (Å²) in [6.07, 6.45) is 2.57. The third kappa shape index (κ3) is 5.37. The Morgan fingerprint density at radius 2 is 2.06 bits per heavy atom. The number of nitrogens with two attached hydrogens (primary N) is 1. The third-order valence-corrected chi connectivity index (χ3v) is 2.82. The monoisotopic (exact) mass is 261 g/mol. The Bertz CT molecular complexity index is 349. The van der Waals surface area contributed by atoms with Crippen LogP contribution >= 0.6 is 12.6 Å². The minimum absolute atomic E-state index is 0.0879. The van der Waals surface area contributed by atoms with Crippen LogP contribution in [0.1, 0.15) is 19.3 Å². The number of benzene rings is 1. The molecule has 2 nitrogen and oxygen atoms in total. The van der Waals surface area contributed by atoms with Gasteiger partial charge in [0.05, 0.1) is 6.61 Å². The standard InChI is InChI=1S/C12H17F2NOS/c13-9-4-5-12(11(14)7-9)16-6-2-1-3-10(15)8-17/h4-5,7,10,17H,1-3,6,8,15H2. The molecule has 96 valence electrons. The molecule has 0 spiro atoms. The van der Waals surface area contributed by atoms with Crippen LogP contribution < -0.4 is 10.5 Å². The van der Waals surface area contributed by atoms with Crippen molar-refractivity contribution in [3.8, 4) is 5.75 Å². The fraction of sp³-hybridized carbons (Fsp3) is 0.500. The SMILES string of the molecule is NC(CS)CCCCOc1ccc(F)cc1F. The van der Waals surface area contributed by atoms with E-state index in [9.17, 15) is 8.78 Å². The Hall–Kier alpha value is -0.810. The van der Waals surface area contributed by atoms with Crippen molar-refractivity contribution < 1.29 is 13.5 Å². The van der Waals surface area contributed by atoms with Crippen LogP contribution in [0.15, 0.2) is 18.2 Å². The first-order valence-corrected chi connectivity index (χ1v) is 6.21. The summed E-state index contributed by atoms with van der Waals surface area (Å²) in [7, 11) is 0. The lowest BCUT2D eigenvalue weighted by Crippen LogP contribution is -2.21. The normalized spacial score (nSPS) is 12.5. The van der Waals surface area contributed by atoms with Crippen LogP contribution in [-0.2, 0) is 0 Å². The Labute approximate surface area is 106 Å². The van der Waals surface area contributed by atoms with Crippen LogP contribution in [0.5, 0.6) is 5.75 Å². The summed E-state index contributed by atoms with van der Waals surface area (Å²) in [5, 5.41) is 0. The second-order valence-electron chi connectivity index (χ2n) is 3.86. The second-order valence-corrected chi connectivity index (χ2v) is 4.23. The molecular weight excluding hydrogens is 244 g/mol. The molecule has 0 radical (unpaired) electrons. The topological polar surface area (TPSA) is 35.2 Å². The van der Waals surface area contributed by atoms with Gasteiger partial charge < -0.3 is 10.5 Å². The number of halogens is 2. The summed E-state index contributed by atoms with van der Waals surface area (Å²) in [5.74, 6) is -0.524. The van der Waals surface area contributed by atoms with Crippen LogP contribution in [0.4, 0.5) is 8.78 Å². The van der Waals surface area contributed by atoms with Gasteiger partial charge in [-0.2, -0.15) is 12.6 Å². The van der Waals surface area contributed by atoms with Gasteiger partial charge in [0, 0.05) is 17.9 Å². The number of hydrogen-bond acceptors (Lipinski definition) is 3. The van der Waals surface area contributed by atoms with Crippen LogP contribution in [0.25, 0.3) is 0 Å². The van der Waals surface area contributed by atoms with E-state index < -0.39 is 11.6 Å². The number of hydrogen-bond donors (Lipinski definition) is 2. The minimum Gasteiger partial charge on any atom is -0.491 e. The molecule has 0 aliphatic heterocycles. The molecule has 0 bridgehead atoms. The zero-order chi connectivity index (χ0) is 12.7. The van der Waals surface area contributed by atoms with E-state index in [2.05, 4.69) is 12.6 Å². The lowest BCUT2D eigenvalue weighted by atomic mass is 10.1. The van der Waals surface area contributed by atoms with Gasteiger partial charge in [0.15, 0.2) is 11.6 Å². The molecule has 0 aliphatic rings. The minimum atomic E-state index is -0.669. The molecule has 1 unspecified atom stereocenters. The summed E-state index contributed by atoms with van der Waals surface area (Å²) in [4.78, 5) is 0. The molecule has 1 aromatic carbocycles. The molecule has 1 atom stereocenters. The molecule has 0 aromatic heterocycles. The van der Waals surface area contributed by atoms with Crippen molar-refractivity contribution in [2.24, 2.45) is 5.73 Å². The predicted molar refractivity (Wildman–Crippen MR) is 67.5 cm³/mol. The molecule has 5 heteroatoms. The highest BCUT2D eigenvalue weighted by Crippen LogP contribution is 2.17. The maximum absolute atomic E-state index is 13.1. The lowest BCUT2D eigenvalue weighted by molar-refractivity contribution is 0.288. The molecule has 1 rings (SSSR count). The predicted octanol–water partition coefficient (Wildman–Crippen LogP) is 2.77. The third-order valence-electron chi connectivity index (χ3n) is 2.36. The maximum atomic E-state index is 13.1. The van der Waals surface area contributed by atoms with Gasteiger partial charge in [-0.1, -0.05) is 0 Å². The molecule has 0 aliphatic carbocycles. The fourth-order valence-corrected chi connectivity index (χ4v) is 1.56. The highest BCUT2D eigenvalue weighted by atomic mass is 32.1. The highest BCUT2D eigenvalue weighted by Gasteiger charge is 2.04. The molecular formula is C12H17F2NOS. The molecule has 0 fully saturated rings. The van der Waals surface area contributed by atoms with Crippen LogP contribution in [0, 0.1) is 11.6 Å². The molecule has 2 N–H and O–H groups in total. The van der Waals surface area contributed by atoms with E-state index in [0.29, 0.717) is 12.4 Å². The second kappa shape index (κ2) is 7.50. The van der Waals surface area contributed by atoms with Gasteiger partial charge in [-0.3, -0.25) is 0 Å². The first-order chi connectivity index (χ1) is 8.13. The van der Waals surface area contributed by atoms with E-state index in [1.807, 2.05) is 0 Å². The van der Waals surface area contributed by atoms with Gasteiger partial charge >= 0.3 is 0 Å². The first-order valence-electron chi connectivity index (χ1n) is 5.57. The van der Waals surface area contributed by atoms with Crippen LogP contribution in [0.2, 0.25) is 0 Å². The molecule has 0 saturated carbocycles. The van der Waals surface area contributed by atoms with Gasteiger partial charge in [-0.25, -0.2) is 8.78 Å². The Kier molecular flexibility index (Phi) is 6.29. The van der Waals surface area contributed by atoms with Gasteiger partial charge in [0.25, 0.3) is 0 Å². The number of ether oxygens (including phenoxy) is 1. The Balaban J connectivity index is 2.22. The smallest absolute Gasteiger partial charge is 0.167 e. The molecule has 1 aromatic rings. The average Bonchev–Trinajstić information content (AvgIpc) is 2.30. The Morgan fingerprint density at radius 1 is 1.29 bits per heavy atom. The Morgan fingerprint density at radius 3 is 2.71 bits per heavy atom. The van der Waals surface area contributed by atoms with Crippen molar-refractivity contribution in [2.45, 2.75) is 25.3 Å². The number of thiol groups is 1. The maximum Gasteiger partial charge on any atom is 0.167 e. The summed E-state index contributed by atoms with van der Waals surface area (Å²) >= 11 is 4.08. The van der Waals surface area contributed by atoms with Gasteiger partial charge in [0.2, 0.25) is 0 Å². The van der Waals surface area contributed by atoms with Crippen LogP contribution in [0.3, 0.4) is 0 Å². The summed E-state index contributed by atoms with van der Waals surface area (Å²) in [6, 6.07) is 3.38. The summed E-state index contributed by atoms with van der Waals surface area (Å²) in [6.45, 7) is 0.405. The summed E-state index contributed by atoms with van der Waals surface area (Å²) < 4.78 is 31.0. The van der Waals surface area contributed by atoms with Crippen molar-refractivity contribution in [3.05, 3.63) is 29.8 Å². The quantitative estimate of drug-likeness (QED) is 0.585. The van der Waals surface area contributed by atoms with Crippen molar-refractivity contribution in [1.29, 1.82) is 0 Å². The van der Waals surface area contributed by atoms with E-state index in [-0.39, 0.29) is 11.8 Å². The van der Waals surface area contributed by atoms with E-state index in [1.165, 1.54) is 12.1 Å². The van der Waals surface area contributed by atoms with Gasteiger partial charge in [-0.15, -0.1) is 0 Å². The average molecular weight is 261 g/mol. The number of rotatable bonds is 7. The largest absolute Gasteiger partial charge is 0.491 e. The van der Waals surface area contributed by atoms with Gasteiger partial charge in [-0.05, 0) is 31.4 Å². The zero-order valence-electron chi connectivity index (χ0n) is 9.53. The van der Waals surface area contributed by atoms with Crippen molar-refractivity contribution in [1.82, 2.24) is 0 Å². The molecule has 17 heavy (non-hydrogen) atoms. The molecule has 0 heterocycles. The first kappa shape index (κ1) is 14.3. The van der Waals surface area contributed by atoms with Crippen molar-refractivity contribution in [3.63, 3.8) is 0 Å². The number of unbranched alkanes of at least 4 members (excludes halogenated alkanes) is 1. The van der Waals surface area contributed by atoms with Crippen molar-refractivity contribution in [2.75, 3.05) is 12.4 Å². The van der Waals surface area contributed by atoms with E-state index >= 15 is 0 Å². The summed E-state index contributed by atoms with van der Waals surface area (Å²) in [5.41, 5.74) is 5.69. The van der Waals surface area contributed by atoms with E-state index in [4.69, 9.17) is 10.5 Å². The molecule has 0 amide bonds. The van der Waals surface area contributed by atoms with Crippen LogP contribution in [-0.4, -0.2) is 18.4 Å². The fourth-order valence-electron chi connectivity index (χ4n) is 1.37.